The van der Waals surface area contributed by atoms with E-state index in [2.05, 4.69) is 17.1 Å². The molecule has 0 aromatic heterocycles. The summed E-state index contributed by atoms with van der Waals surface area (Å²) in [6.45, 7) is 9.31. The molecule has 1 unspecified atom stereocenters. The second kappa shape index (κ2) is 6.81. The quantitative estimate of drug-likeness (QED) is 0.770. The maximum absolute atomic E-state index is 12.4. The van der Waals surface area contributed by atoms with E-state index in [1.807, 2.05) is 30.8 Å². The number of hydrogen-bond donors (Lipinski definition) is 1. The summed E-state index contributed by atoms with van der Waals surface area (Å²) < 4.78 is 0. The van der Waals surface area contributed by atoms with Crippen LogP contribution in [0.3, 0.4) is 0 Å². The lowest BCUT2D eigenvalue weighted by Crippen LogP contribution is -2.54. The van der Waals surface area contributed by atoms with Crippen molar-refractivity contribution in [2.24, 2.45) is 0 Å². The van der Waals surface area contributed by atoms with Gasteiger partial charge < -0.3 is 20.0 Å². The molecule has 0 radical (unpaired) electrons. The van der Waals surface area contributed by atoms with Crippen molar-refractivity contribution < 1.29 is 4.79 Å². The number of piperazine rings is 1. The Morgan fingerprint density at radius 2 is 1.94 bits per heavy atom. The topological polar surface area (TPSA) is 38.8 Å². The fraction of sp³-hybridized carbons (Fsp3) is 0.917. The molecule has 5 nitrogen and oxygen atoms in total. The molecule has 5 heteroatoms. The van der Waals surface area contributed by atoms with Crippen LogP contribution in [-0.2, 0) is 0 Å². The van der Waals surface area contributed by atoms with Crippen molar-refractivity contribution in [3.8, 4) is 0 Å². The zero-order valence-corrected chi connectivity index (χ0v) is 11.6. The molecule has 1 aliphatic heterocycles. The van der Waals surface area contributed by atoms with Gasteiger partial charge in [-0.05, 0) is 27.9 Å². The first kappa shape index (κ1) is 14.3. The molecular weight excluding hydrogens is 216 g/mol. The minimum Gasteiger partial charge on any atom is -0.322 e. The summed E-state index contributed by atoms with van der Waals surface area (Å²) in [6, 6.07) is 0.445. The second-order valence-corrected chi connectivity index (χ2v) is 4.92. The van der Waals surface area contributed by atoms with Crippen LogP contribution in [0.5, 0.6) is 0 Å². The number of carbonyl (C=O) groups is 1. The molecule has 1 aliphatic rings. The highest BCUT2D eigenvalue weighted by Gasteiger charge is 2.25. The first-order valence-corrected chi connectivity index (χ1v) is 6.47. The Morgan fingerprint density at radius 1 is 1.35 bits per heavy atom. The van der Waals surface area contributed by atoms with Gasteiger partial charge in [-0.1, -0.05) is 0 Å². The van der Waals surface area contributed by atoms with E-state index in [1.165, 1.54) is 0 Å². The van der Waals surface area contributed by atoms with E-state index in [0.29, 0.717) is 0 Å². The molecule has 17 heavy (non-hydrogen) atoms. The smallest absolute Gasteiger partial charge is 0.320 e. The average molecular weight is 242 g/mol. The van der Waals surface area contributed by atoms with Gasteiger partial charge in [0.15, 0.2) is 0 Å². The Kier molecular flexibility index (Phi) is 5.71. The van der Waals surface area contributed by atoms with Crippen molar-refractivity contribution >= 4 is 6.03 Å². The summed E-state index contributed by atoms with van der Waals surface area (Å²) in [4.78, 5) is 18.4. The van der Waals surface area contributed by atoms with Gasteiger partial charge in [0.2, 0.25) is 0 Å². The summed E-state index contributed by atoms with van der Waals surface area (Å²) in [6.07, 6.45) is 0. The van der Waals surface area contributed by atoms with Crippen LogP contribution in [0, 0.1) is 0 Å². The van der Waals surface area contributed by atoms with E-state index in [9.17, 15) is 4.79 Å². The number of nitrogens with zero attached hydrogens (tertiary/aromatic N) is 3. The SMILES string of the molecule is CCN(C(=O)N1CCNCC1)C(C)CN(C)C. The lowest BCUT2D eigenvalue weighted by Gasteiger charge is -2.36. The van der Waals surface area contributed by atoms with Crippen molar-refractivity contribution in [1.29, 1.82) is 0 Å². The molecule has 0 bridgehead atoms. The Balaban J connectivity index is 2.55. The molecule has 1 N–H and O–H groups in total. The predicted molar refractivity (Wildman–Crippen MR) is 70.2 cm³/mol. The molecule has 0 aromatic carbocycles. The van der Waals surface area contributed by atoms with E-state index in [1.54, 1.807) is 0 Å². The highest BCUT2D eigenvalue weighted by atomic mass is 16.2. The summed E-state index contributed by atoms with van der Waals surface area (Å²) >= 11 is 0. The van der Waals surface area contributed by atoms with E-state index in [-0.39, 0.29) is 12.1 Å². The Bertz CT molecular complexity index is 239. The van der Waals surface area contributed by atoms with Gasteiger partial charge >= 0.3 is 6.03 Å². The van der Waals surface area contributed by atoms with Crippen molar-refractivity contribution in [2.45, 2.75) is 19.9 Å². The highest BCUT2D eigenvalue weighted by molar-refractivity contribution is 5.75. The van der Waals surface area contributed by atoms with Crippen LogP contribution in [-0.4, -0.2) is 80.1 Å². The molecule has 1 rings (SSSR count). The van der Waals surface area contributed by atoms with Crippen LogP contribution in [0.4, 0.5) is 4.79 Å². The van der Waals surface area contributed by atoms with Crippen LogP contribution < -0.4 is 5.32 Å². The van der Waals surface area contributed by atoms with E-state index >= 15 is 0 Å². The van der Waals surface area contributed by atoms with Crippen LogP contribution in [0.25, 0.3) is 0 Å². The molecule has 0 spiro atoms. The molecule has 1 heterocycles. The normalized spacial score (nSPS) is 18.3. The minimum atomic E-state index is 0.184. The van der Waals surface area contributed by atoms with E-state index in [4.69, 9.17) is 0 Å². The van der Waals surface area contributed by atoms with Crippen LogP contribution in [0.1, 0.15) is 13.8 Å². The molecule has 1 atom stereocenters. The fourth-order valence-electron chi connectivity index (χ4n) is 2.30. The molecule has 0 saturated carbocycles. The van der Waals surface area contributed by atoms with Gasteiger partial charge in [0.1, 0.15) is 0 Å². The average Bonchev–Trinajstić information content (AvgIpc) is 2.30. The van der Waals surface area contributed by atoms with Gasteiger partial charge in [-0.15, -0.1) is 0 Å². The lowest BCUT2D eigenvalue weighted by atomic mass is 10.2. The number of carbonyl (C=O) groups excluding carboxylic acids is 1. The standard InChI is InChI=1S/C12H26N4O/c1-5-16(11(2)10-14(3)4)12(17)15-8-6-13-7-9-15/h11,13H,5-10H2,1-4H3. The zero-order valence-electron chi connectivity index (χ0n) is 11.6. The fourth-order valence-corrected chi connectivity index (χ4v) is 2.30. The Labute approximate surface area is 105 Å². The number of nitrogens with one attached hydrogen (secondary N) is 1. The zero-order chi connectivity index (χ0) is 12.8. The number of amides is 2. The third-order valence-electron chi connectivity index (χ3n) is 3.14. The highest BCUT2D eigenvalue weighted by Crippen LogP contribution is 2.06. The van der Waals surface area contributed by atoms with Crippen LogP contribution >= 0.6 is 0 Å². The Morgan fingerprint density at radius 3 is 2.41 bits per heavy atom. The summed E-state index contributed by atoms with van der Waals surface area (Å²) in [5, 5.41) is 3.27. The maximum Gasteiger partial charge on any atom is 0.320 e. The minimum absolute atomic E-state index is 0.184. The van der Waals surface area contributed by atoms with Gasteiger partial charge in [0, 0.05) is 45.3 Å². The number of rotatable bonds is 4. The third kappa shape index (κ3) is 4.16. The molecular formula is C12H26N4O. The molecule has 0 aromatic rings. The van der Waals surface area contributed by atoms with Crippen molar-refractivity contribution in [3.05, 3.63) is 0 Å². The van der Waals surface area contributed by atoms with Gasteiger partial charge in [0.05, 0.1) is 0 Å². The van der Waals surface area contributed by atoms with Crippen LogP contribution in [0.15, 0.2) is 0 Å². The molecule has 2 amide bonds. The molecule has 1 saturated heterocycles. The van der Waals surface area contributed by atoms with Gasteiger partial charge in [-0.25, -0.2) is 4.79 Å². The lowest BCUT2D eigenvalue weighted by molar-refractivity contribution is 0.125. The second-order valence-electron chi connectivity index (χ2n) is 4.92. The first-order chi connectivity index (χ1) is 8.06. The van der Waals surface area contributed by atoms with E-state index in [0.717, 1.165) is 39.3 Å². The Hall–Kier alpha value is -0.810. The number of urea groups is 1. The van der Waals surface area contributed by atoms with Gasteiger partial charge in [0.25, 0.3) is 0 Å². The van der Waals surface area contributed by atoms with Gasteiger partial charge in [-0.2, -0.15) is 0 Å². The summed E-state index contributed by atoms with van der Waals surface area (Å²) in [5.41, 5.74) is 0. The van der Waals surface area contributed by atoms with E-state index < -0.39 is 0 Å². The first-order valence-electron chi connectivity index (χ1n) is 6.47. The van der Waals surface area contributed by atoms with Crippen molar-refractivity contribution in [1.82, 2.24) is 20.0 Å². The van der Waals surface area contributed by atoms with Crippen LogP contribution in [0.2, 0.25) is 0 Å². The summed E-state index contributed by atoms with van der Waals surface area (Å²) in [5.74, 6) is 0. The maximum atomic E-state index is 12.4. The number of likely N-dealkylation sites (N-methyl/N-ethyl adjacent to an activating group) is 2. The molecule has 0 aliphatic carbocycles. The monoisotopic (exact) mass is 242 g/mol. The largest absolute Gasteiger partial charge is 0.322 e. The molecule has 1 fully saturated rings. The van der Waals surface area contributed by atoms with Crippen molar-refractivity contribution in [3.63, 3.8) is 0 Å². The molecule has 100 valence electrons. The predicted octanol–water partition coefficient (Wildman–Crippen LogP) is 0.284. The van der Waals surface area contributed by atoms with Crippen molar-refractivity contribution in [2.75, 3.05) is 53.4 Å². The van der Waals surface area contributed by atoms with Gasteiger partial charge in [-0.3, -0.25) is 0 Å². The third-order valence-corrected chi connectivity index (χ3v) is 3.14. The number of hydrogen-bond acceptors (Lipinski definition) is 3. The summed E-state index contributed by atoms with van der Waals surface area (Å²) in [7, 11) is 4.08.